The van der Waals surface area contributed by atoms with Gasteiger partial charge in [-0.05, 0) is 80.3 Å². The molecule has 4 heteroatoms. The molecule has 0 saturated heterocycles. The number of hydrogen-bond donors (Lipinski definition) is 0. The fourth-order valence-corrected chi connectivity index (χ4v) is 3.87. The van der Waals surface area contributed by atoms with Crippen LogP contribution in [0.15, 0.2) is 102 Å². The Morgan fingerprint density at radius 2 is 1.02 bits per heavy atom. The number of ether oxygens (including phenoxy) is 3. The van der Waals surface area contributed by atoms with Gasteiger partial charge in [-0.3, -0.25) is 0 Å². The maximum absolute atomic E-state index is 5.38. The number of aryl methyl sites for hydroxylation is 4. The molecule has 5 aromatic rings. The van der Waals surface area contributed by atoms with Gasteiger partial charge in [0.25, 0.3) is 0 Å². The highest BCUT2D eigenvalue weighted by atomic mass is 16.7. The highest BCUT2D eigenvalue weighted by Gasteiger charge is 2.11. The fraction of sp³-hybridized carbons (Fsp3) is 0.381. The lowest BCUT2D eigenvalue weighted by Gasteiger charge is -1.97. The molecule has 0 spiro atoms. The molecular formula is C42H62O4. The molecular weight excluding hydrogens is 568 g/mol. The summed E-state index contributed by atoms with van der Waals surface area (Å²) in [5.74, 6) is 2.80. The van der Waals surface area contributed by atoms with Crippen LogP contribution in [-0.4, -0.2) is 13.4 Å². The molecule has 0 aliphatic carbocycles. The molecule has 0 radical (unpaired) electrons. The van der Waals surface area contributed by atoms with Crippen LogP contribution in [0.2, 0.25) is 0 Å². The van der Waals surface area contributed by atoms with Crippen LogP contribution in [0.3, 0.4) is 0 Å². The molecule has 46 heavy (non-hydrogen) atoms. The summed E-state index contributed by atoms with van der Waals surface area (Å²) >= 11 is 0. The monoisotopic (exact) mass is 630 g/mol. The van der Waals surface area contributed by atoms with Crippen LogP contribution in [-0.2, 0) is 6.42 Å². The summed E-state index contributed by atoms with van der Waals surface area (Å²) in [4.78, 5) is 0. The summed E-state index contributed by atoms with van der Waals surface area (Å²) in [7, 11) is 0. The molecule has 0 bridgehead atoms. The first-order chi connectivity index (χ1) is 22.0. The van der Waals surface area contributed by atoms with Gasteiger partial charge in [-0.2, -0.15) is 0 Å². The lowest BCUT2D eigenvalue weighted by molar-refractivity contribution is 0.174. The van der Waals surface area contributed by atoms with Crippen LogP contribution in [0.4, 0.5) is 0 Å². The van der Waals surface area contributed by atoms with Crippen molar-refractivity contribution in [3.63, 3.8) is 0 Å². The summed E-state index contributed by atoms with van der Waals surface area (Å²) < 4.78 is 20.9. The zero-order chi connectivity index (χ0) is 34.0. The standard InChI is InChI=1S/C9H10O.C9H8O.C8H8O2.C7H8.4C2H6.CH4/c2*1-7-2-3-8-4-5-10-9(8)6-7;1-6-2-3-7-8(4-6)10-5-9-7;1-7-5-3-2-4-6-7;4*1-2;/h2-3,6H,4-5H2,1H3;2-6H,1H3;2-4H,5H2,1H3;2-6H,1H3;4*1-2H3;1H4. The second kappa shape index (κ2) is 27.2. The first kappa shape index (κ1) is 43.9. The van der Waals surface area contributed by atoms with Crippen LogP contribution in [0.25, 0.3) is 11.0 Å². The predicted octanol–water partition coefficient (Wildman–Crippen LogP) is 13.1. The van der Waals surface area contributed by atoms with Crippen molar-refractivity contribution in [3.05, 3.63) is 125 Å². The summed E-state index contributed by atoms with van der Waals surface area (Å²) in [6.07, 6.45) is 2.79. The third kappa shape index (κ3) is 16.2. The van der Waals surface area contributed by atoms with Gasteiger partial charge in [0.1, 0.15) is 11.3 Å². The third-order valence-electron chi connectivity index (χ3n) is 5.93. The van der Waals surface area contributed by atoms with Crippen LogP contribution in [0, 0.1) is 27.7 Å². The lowest BCUT2D eigenvalue weighted by atomic mass is 10.1. The van der Waals surface area contributed by atoms with Gasteiger partial charge in [-0.1, -0.05) is 129 Å². The Morgan fingerprint density at radius 3 is 1.63 bits per heavy atom. The Bertz CT molecular complexity index is 1370. The predicted molar refractivity (Wildman–Crippen MR) is 202 cm³/mol. The Labute approximate surface area is 281 Å². The largest absolute Gasteiger partial charge is 0.493 e. The molecule has 0 N–H and O–H groups in total. The average molecular weight is 631 g/mol. The molecule has 0 amide bonds. The van der Waals surface area contributed by atoms with E-state index in [2.05, 4.69) is 63.2 Å². The van der Waals surface area contributed by atoms with Crippen LogP contribution < -0.4 is 14.2 Å². The molecule has 2 aliphatic rings. The molecule has 0 unspecified atom stereocenters. The van der Waals surface area contributed by atoms with Gasteiger partial charge in [0.15, 0.2) is 11.5 Å². The highest BCUT2D eigenvalue weighted by Crippen LogP contribution is 2.32. The Kier molecular flexibility index (Phi) is 25.9. The van der Waals surface area contributed by atoms with Crippen molar-refractivity contribution < 1.29 is 18.6 Å². The van der Waals surface area contributed by atoms with E-state index < -0.39 is 0 Å². The molecule has 0 fully saturated rings. The van der Waals surface area contributed by atoms with Crippen molar-refractivity contribution in [1.82, 2.24) is 0 Å². The Hall–Kier alpha value is -4.18. The molecule has 254 valence electrons. The minimum absolute atomic E-state index is 0. The summed E-state index contributed by atoms with van der Waals surface area (Å²) in [6, 6.07) is 30.7. The van der Waals surface area contributed by atoms with Gasteiger partial charge < -0.3 is 18.6 Å². The van der Waals surface area contributed by atoms with Crippen LogP contribution in [0.5, 0.6) is 17.2 Å². The van der Waals surface area contributed by atoms with E-state index in [1.807, 2.05) is 111 Å². The number of benzene rings is 4. The van der Waals surface area contributed by atoms with Crippen molar-refractivity contribution >= 4 is 11.0 Å². The molecule has 0 atom stereocenters. The van der Waals surface area contributed by atoms with Crippen LogP contribution in [0.1, 0.15) is 90.6 Å². The van der Waals surface area contributed by atoms with Gasteiger partial charge in [0.05, 0.1) is 12.9 Å². The van der Waals surface area contributed by atoms with Gasteiger partial charge in [-0.25, -0.2) is 0 Å². The minimum atomic E-state index is 0. The number of fused-ring (bicyclic) bond motifs is 3. The molecule has 4 nitrogen and oxygen atoms in total. The number of furan rings is 1. The summed E-state index contributed by atoms with van der Waals surface area (Å²) in [5.41, 5.74) is 7.36. The quantitative estimate of drug-likeness (QED) is 0.171. The average Bonchev–Trinajstić information content (AvgIpc) is 3.87. The number of rotatable bonds is 0. The molecule has 3 heterocycles. The summed E-state index contributed by atoms with van der Waals surface area (Å²) in [5, 5.41) is 1.17. The topological polar surface area (TPSA) is 40.8 Å². The van der Waals surface area contributed by atoms with Crippen molar-refractivity contribution in [2.45, 2.75) is 96.9 Å². The van der Waals surface area contributed by atoms with E-state index in [0.717, 1.165) is 35.9 Å². The smallest absolute Gasteiger partial charge is 0.231 e. The molecule has 4 aromatic carbocycles. The maximum Gasteiger partial charge on any atom is 0.231 e. The maximum atomic E-state index is 5.38. The normalized spacial score (nSPS) is 10.3. The first-order valence-electron chi connectivity index (χ1n) is 16.5. The van der Waals surface area contributed by atoms with Gasteiger partial charge in [0, 0.05) is 11.8 Å². The second-order valence-electron chi connectivity index (χ2n) is 9.18. The van der Waals surface area contributed by atoms with Crippen molar-refractivity contribution in [1.29, 1.82) is 0 Å². The van der Waals surface area contributed by atoms with Gasteiger partial charge in [0.2, 0.25) is 6.79 Å². The zero-order valence-corrected chi connectivity index (χ0v) is 30.0. The lowest BCUT2D eigenvalue weighted by Crippen LogP contribution is -1.92. The van der Waals surface area contributed by atoms with E-state index >= 15 is 0 Å². The molecule has 1 aromatic heterocycles. The van der Waals surface area contributed by atoms with Gasteiger partial charge >= 0.3 is 0 Å². The SMILES string of the molecule is C.CC.CC.CC.CC.Cc1ccc2c(c1)OCC2.Cc1ccc2c(c1)OCO2.Cc1ccc2ccoc2c1.Cc1ccccc1. The first-order valence-corrected chi connectivity index (χ1v) is 16.5. The van der Waals surface area contributed by atoms with Crippen molar-refractivity contribution in [2.24, 2.45) is 0 Å². The zero-order valence-electron chi connectivity index (χ0n) is 30.0. The van der Waals surface area contributed by atoms with E-state index in [1.165, 1.54) is 33.2 Å². The van der Waals surface area contributed by atoms with Crippen LogP contribution >= 0.6 is 0 Å². The highest BCUT2D eigenvalue weighted by molar-refractivity contribution is 5.77. The van der Waals surface area contributed by atoms with E-state index in [1.54, 1.807) is 6.26 Å². The Balaban J connectivity index is 0. The minimum Gasteiger partial charge on any atom is -0.493 e. The molecule has 0 saturated carbocycles. The molecule has 7 rings (SSSR count). The third-order valence-corrected chi connectivity index (χ3v) is 5.93. The fourth-order valence-electron chi connectivity index (χ4n) is 3.87. The van der Waals surface area contributed by atoms with Gasteiger partial charge in [-0.15, -0.1) is 0 Å². The van der Waals surface area contributed by atoms with E-state index in [-0.39, 0.29) is 7.43 Å². The van der Waals surface area contributed by atoms with E-state index in [9.17, 15) is 0 Å². The number of hydrogen-bond acceptors (Lipinski definition) is 4. The Morgan fingerprint density at radius 1 is 0.478 bits per heavy atom. The summed E-state index contributed by atoms with van der Waals surface area (Å²) in [6.45, 7) is 25.5. The molecule has 2 aliphatic heterocycles. The van der Waals surface area contributed by atoms with E-state index in [0.29, 0.717) is 6.79 Å². The second-order valence-corrected chi connectivity index (χ2v) is 9.18. The van der Waals surface area contributed by atoms with Crippen molar-refractivity contribution in [3.8, 4) is 17.2 Å². The van der Waals surface area contributed by atoms with Crippen molar-refractivity contribution in [2.75, 3.05) is 13.4 Å². The van der Waals surface area contributed by atoms with E-state index in [4.69, 9.17) is 18.6 Å².